The summed E-state index contributed by atoms with van der Waals surface area (Å²) in [4.78, 5) is 4.92. The SMILES string of the molecule is CC(C)(C)C(O)CN1CCN(CC2CCCCO2)CC1. The molecular formula is C16H32N2O2. The van der Waals surface area contributed by atoms with Crippen LogP contribution < -0.4 is 0 Å². The average molecular weight is 284 g/mol. The fraction of sp³-hybridized carbons (Fsp3) is 1.00. The van der Waals surface area contributed by atoms with Gasteiger partial charge in [0.1, 0.15) is 0 Å². The van der Waals surface area contributed by atoms with E-state index < -0.39 is 0 Å². The quantitative estimate of drug-likeness (QED) is 0.850. The highest BCUT2D eigenvalue weighted by Gasteiger charge is 2.27. The van der Waals surface area contributed by atoms with E-state index in [1.807, 2.05) is 0 Å². The maximum Gasteiger partial charge on any atom is 0.0715 e. The standard InChI is InChI=1S/C16H32N2O2/c1-16(2,3)15(19)13-18-9-7-17(8-10-18)12-14-6-4-5-11-20-14/h14-15,19H,4-13H2,1-3H3. The smallest absolute Gasteiger partial charge is 0.0715 e. The topological polar surface area (TPSA) is 35.9 Å². The molecule has 4 nitrogen and oxygen atoms in total. The zero-order valence-electron chi connectivity index (χ0n) is 13.5. The van der Waals surface area contributed by atoms with Gasteiger partial charge in [-0.15, -0.1) is 0 Å². The van der Waals surface area contributed by atoms with Gasteiger partial charge in [-0.3, -0.25) is 9.80 Å². The molecule has 0 aliphatic carbocycles. The number of aliphatic hydroxyl groups excluding tert-OH is 1. The second kappa shape index (κ2) is 7.21. The van der Waals surface area contributed by atoms with Gasteiger partial charge in [-0.1, -0.05) is 20.8 Å². The summed E-state index contributed by atoms with van der Waals surface area (Å²) in [6.45, 7) is 13.5. The van der Waals surface area contributed by atoms with E-state index in [2.05, 4.69) is 30.6 Å². The fourth-order valence-electron chi connectivity index (χ4n) is 2.91. The predicted octanol–water partition coefficient (Wildman–Crippen LogP) is 1.58. The summed E-state index contributed by atoms with van der Waals surface area (Å²) in [5.74, 6) is 0. The first kappa shape index (κ1) is 16.2. The number of aliphatic hydroxyl groups is 1. The van der Waals surface area contributed by atoms with Crippen molar-refractivity contribution in [3.8, 4) is 0 Å². The number of β-amino-alcohol motifs (C(OH)–C–C–N with tert-alkyl or cyclic N) is 1. The summed E-state index contributed by atoms with van der Waals surface area (Å²) in [6.07, 6.45) is 3.99. The lowest BCUT2D eigenvalue weighted by Crippen LogP contribution is -2.51. The van der Waals surface area contributed by atoms with Crippen LogP contribution in [0.5, 0.6) is 0 Å². The minimum atomic E-state index is -0.240. The van der Waals surface area contributed by atoms with Crippen molar-refractivity contribution < 1.29 is 9.84 Å². The van der Waals surface area contributed by atoms with Crippen molar-refractivity contribution in [2.75, 3.05) is 45.9 Å². The third-order valence-corrected chi connectivity index (χ3v) is 4.63. The van der Waals surface area contributed by atoms with Crippen molar-refractivity contribution in [3.05, 3.63) is 0 Å². The van der Waals surface area contributed by atoms with Gasteiger partial charge in [0, 0.05) is 45.9 Å². The first-order valence-corrected chi connectivity index (χ1v) is 8.19. The molecule has 0 aromatic heterocycles. The second-order valence-corrected chi connectivity index (χ2v) is 7.47. The Hall–Kier alpha value is -0.160. The molecule has 0 amide bonds. The maximum atomic E-state index is 10.2. The molecule has 4 heteroatoms. The fourth-order valence-corrected chi connectivity index (χ4v) is 2.91. The number of piperazine rings is 1. The molecule has 0 aromatic carbocycles. The lowest BCUT2D eigenvalue weighted by atomic mass is 9.89. The molecule has 0 spiro atoms. The van der Waals surface area contributed by atoms with Gasteiger partial charge in [0.25, 0.3) is 0 Å². The average Bonchev–Trinajstić information content (AvgIpc) is 2.41. The summed E-state index contributed by atoms with van der Waals surface area (Å²) in [5.41, 5.74) is -0.0208. The summed E-state index contributed by atoms with van der Waals surface area (Å²) in [7, 11) is 0. The van der Waals surface area contributed by atoms with E-state index in [9.17, 15) is 5.11 Å². The highest BCUT2D eigenvalue weighted by molar-refractivity contribution is 4.81. The lowest BCUT2D eigenvalue weighted by molar-refractivity contribution is -0.0227. The van der Waals surface area contributed by atoms with Gasteiger partial charge in [-0.05, 0) is 24.7 Å². The van der Waals surface area contributed by atoms with Gasteiger partial charge >= 0.3 is 0 Å². The van der Waals surface area contributed by atoms with Crippen molar-refractivity contribution in [3.63, 3.8) is 0 Å². The van der Waals surface area contributed by atoms with Gasteiger partial charge in [0.2, 0.25) is 0 Å². The van der Waals surface area contributed by atoms with Gasteiger partial charge in [0.15, 0.2) is 0 Å². The molecule has 2 rings (SSSR count). The minimum Gasteiger partial charge on any atom is -0.391 e. The third kappa shape index (κ3) is 4.99. The minimum absolute atomic E-state index is 0.0208. The Kier molecular flexibility index (Phi) is 5.84. The molecule has 2 atom stereocenters. The van der Waals surface area contributed by atoms with Crippen LogP contribution in [0.15, 0.2) is 0 Å². The van der Waals surface area contributed by atoms with Gasteiger partial charge in [-0.25, -0.2) is 0 Å². The van der Waals surface area contributed by atoms with Crippen molar-refractivity contribution in [2.24, 2.45) is 5.41 Å². The van der Waals surface area contributed by atoms with Crippen LogP contribution in [-0.4, -0.2) is 73.0 Å². The van der Waals surface area contributed by atoms with E-state index in [1.165, 1.54) is 19.3 Å². The van der Waals surface area contributed by atoms with Crippen molar-refractivity contribution in [2.45, 2.75) is 52.2 Å². The molecule has 1 N–H and O–H groups in total. The lowest BCUT2D eigenvalue weighted by Gasteiger charge is -2.39. The van der Waals surface area contributed by atoms with Crippen molar-refractivity contribution in [1.29, 1.82) is 0 Å². The van der Waals surface area contributed by atoms with E-state index in [1.54, 1.807) is 0 Å². The summed E-state index contributed by atoms with van der Waals surface area (Å²) < 4.78 is 5.82. The molecule has 20 heavy (non-hydrogen) atoms. The molecule has 0 saturated carbocycles. The Morgan fingerprint density at radius 2 is 1.75 bits per heavy atom. The highest BCUT2D eigenvalue weighted by atomic mass is 16.5. The number of ether oxygens (including phenoxy) is 1. The molecule has 2 aliphatic rings. The van der Waals surface area contributed by atoms with Crippen LogP contribution in [0.2, 0.25) is 0 Å². The Morgan fingerprint density at radius 1 is 1.10 bits per heavy atom. The molecule has 118 valence electrons. The molecular weight excluding hydrogens is 252 g/mol. The molecule has 0 bridgehead atoms. The molecule has 2 saturated heterocycles. The molecule has 2 fully saturated rings. The van der Waals surface area contributed by atoms with Crippen LogP contribution in [0.1, 0.15) is 40.0 Å². The summed E-state index contributed by atoms with van der Waals surface area (Å²) in [5, 5.41) is 10.2. The van der Waals surface area contributed by atoms with Crippen LogP contribution in [0.3, 0.4) is 0 Å². The zero-order chi connectivity index (χ0) is 14.6. The zero-order valence-corrected chi connectivity index (χ0v) is 13.5. The Labute approximate surface area is 124 Å². The highest BCUT2D eigenvalue weighted by Crippen LogP contribution is 2.20. The van der Waals surface area contributed by atoms with Gasteiger partial charge in [0.05, 0.1) is 12.2 Å². The van der Waals surface area contributed by atoms with Crippen LogP contribution in [0.25, 0.3) is 0 Å². The summed E-state index contributed by atoms with van der Waals surface area (Å²) in [6, 6.07) is 0. The predicted molar refractivity (Wildman–Crippen MR) is 81.9 cm³/mol. The molecule has 2 aliphatic heterocycles. The van der Waals surface area contributed by atoms with E-state index in [-0.39, 0.29) is 11.5 Å². The van der Waals surface area contributed by atoms with Crippen molar-refractivity contribution >= 4 is 0 Å². The summed E-state index contributed by atoms with van der Waals surface area (Å²) >= 11 is 0. The molecule has 2 unspecified atom stereocenters. The van der Waals surface area contributed by atoms with E-state index >= 15 is 0 Å². The van der Waals surface area contributed by atoms with Crippen LogP contribution in [0.4, 0.5) is 0 Å². The van der Waals surface area contributed by atoms with E-state index in [0.717, 1.165) is 45.9 Å². The third-order valence-electron chi connectivity index (χ3n) is 4.63. The maximum absolute atomic E-state index is 10.2. The number of hydrogen-bond acceptors (Lipinski definition) is 4. The first-order valence-electron chi connectivity index (χ1n) is 8.19. The van der Waals surface area contributed by atoms with Gasteiger partial charge in [-0.2, -0.15) is 0 Å². The number of hydrogen-bond donors (Lipinski definition) is 1. The first-order chi connectivity index (χ1) is 9.45. The Morgan fingerprint density at radius 3 is 2.30 bits per heavy atom. The monoisotopic (exact) mass is 284 g/mol. The van der Waals surface area contributed by atoms with Crippen LogP contribution in [-0.2, 0) is 4.74 Å². The van der Waals surface area contributed by atoms with Crippen LogP contribution >= 0.6 is 0 Å². The van der Waals surface area contributed by atoms with Gasteiger partial charge < -0.3 is 9.84 Å². The van der Waals surface area contributed by atoms with Crippen LogP contribution in [0, 0.1) is 5.41 Å². The Balaban J connectivity index is 1.67. The molecule has 2 heterocycles. The van der Waals surface area contributed by atoms with E-state index in [4.69, 9.17) is 4.74 Å². The number of rotatable bonds is 4. The Bertz CT molecular complexity index is 277. The van der Waals surface area contributed by atoms with E-state index in [0.29, 0.717) is 6.10 Å². The molecule has 0 aromatic rings. The van der Waals surface area contributed by atoms with Crippen molar-refractivity contribution in [1.82, 2.24) is 9.80 Å². The normalized spacial score (nSPS) is 28.5. The largest absolute Gasteiger partial charge is 0.391 e. The molecule has 0 radical (unpaired) electrons. The second-order valence-electron chi connectivity index (χ2n) is 7.47. The number of nitrogens with zero attached hydrogens (tertiary/aromatic N) is 2.